The van der Waals surface area contributed by atoms with E-state index in [0.717, 1.165) is 12.0 Å². The van der Waals surface area contributed by atoms with Gasteiger partial charge >= 0.3 is 0 Å². The predicted molar refractivity (Wildman–Crippen MR) is 115 cm³/mol. The quantitative estimate of drug-likeness (QED) is 0.486. The van der Waals surface area contributed by atoms with Crippen molar-refractivity contribution >= 4 is 24.0 Å². The van der Waals surface area contributed by atoms with E-state index >= 15 is 0 Å². The molecule has 8 heteroatoms. The normalized spacial score (nSPS) is 20.7. The molecule has 1 saturated heterocycles. The van der Waals surface area contributed by atoms with E-state index in [9.17, 15) is 4.39 Å². The Balaban J connectivity index is 0.00000256. The molecule has 0 aliphatic carbocycles. The summed E-state index contributed by atoms with van der Waals surface area (Å²) in [5.74, 6) is -0.459. The average Bonchev–Trinajstić information content (AvgIpc) is 3.38. The molecule has 0 bridgehead atoms. The first-order valence-corrected chi connectivity index (χ1v) is 9.88. The molecule has 3 aromatic rings. The van der Waals surface area contributed by atoms with Crippen molar-refractivity contribution in [2.45, 2.75) is 31.3 Å². The van der Waals surface area contributed by atoms with Crippen LogP contribution in [0, 0.1) is 5.82 Å². The standard InChI is InChI=1S/C22H22ClFN2O3.ClH/c23-18-3-1-17(2-4-18)9-10-22(15-26-12-11-25-16-26)28-14-21(29-22)13-27-20-7-5-19(24)6-8-20;/h1-8,11-12,16,21H,9-10,13-15H2;1H/t21-,22-;/m1./s1. The second-order valence-corrected chi connectivity index (χ2v) is 7.52. The summed E-state index contributed by atoms with van der Waals surface area (Å²) in [5, 5.41) is 0.716. The molecule has 0 unspecified atom stereocenters. The molecule has 0 spiro atoms. The van der Waals surface area contributed by atoms with Gasteiger partial charge in [0, 0.05) is 23.8 Å². The van der Waals surface area contributed by atoms with Crippen molar-refractivity contribution < 1.29 is 18.6 Å². The third-order valence-electron chi connectivity index (χ3n) is 4.85. The second kappa shape index (κ2) is 10.3. The summed E-state index contributed by atoms with van der Waals surface area (Å²) in [4.78, 5) is 4.11. The zero-order valence-electron chi connectivity index (χ0n) is 16.2. The lowest BCUT2D eigenvalue weighted by Gasteiger charge is -2.28. The molecule has 2 atom stereocenters. The first-order chi connectivity index (χ1) is 14.1. The number of imidazole rings is 1. The number of rotatable bonds is 8. The molecule has 0 N–H and O–H groups in total. The summed E-state index contributed by atoms with van der Waals surface area (Å²) in [5.41, 5.74) is 1.16. The van der Waals surface area contributed by atoms with Gasteiger partial charge in [0.05, 0.1) is 19.5 Å². The number of benzene rings is 2. The summed E-state index contributed by atoms with van der Waals surface area (Å²) in [6.07, 6.45) is 6.63. The van der Waals surface area contributed by atoms with E-state index in [-0.39, 0.29) is 24.3 Å². The van der Waals surface area contributed by atoms with Gasteiger partial charge in [0.2, 0.25) is 0 Å². The third kappa shape index (κ3) is 5.95. The molecule has 2 heterocycles. The molecule has 1 aromatic heterocycles. The summed E-state index contributed by atoms with van der Waals surface area (Å²) in [7, 11) is 0. The van der Waals surface area contributed by atoms with Crippen molar-refractivity contribution in [3.63, 3.8) is 0 Å². The fourth-order valence-corrected chi connectivity index (χ4v) is 3.48. The molecule has 0 amide bonds. The molecule has 1 fully saturated rings. The van der Waals surface area contributed by atoms with Crippen LogP contribution in [0.3, 0.4) is 0 Å². The van der Waals surface area contributed by atoms with Gasteiger partial charge < -0.3 is 18.8 Å². The van der Waals surface area contributed by atoms with Crippen molar-refractivity contribution in [1.29, 1.82) is 0 Å². The van der Waals surface area contributed by atoms with Crippen molar-refractivity contribution in [2.24, 2.45) is 0 Å². The zero-order valence-corrected chi connectivity index (χ0v) is 17.8. The summed E-state index contributed by atoms with van der Waals surface area (Å²) in [6, 6.07) is 13.7. The maximum Gasteiger partial charge on any atom is 0.187 e. The lowest BCUT2D eigenvalue weighted by Crippen LogP contribution is -2.37. The summed E-state index contributed by atoms with van der Waals surface area (Å²) >= 11 is 5.98. The van der Waals surface area contributed by atoms with Crippen molar-refractivity contribution in [3.8, 4) is 5.75 Å². The Labute approximate surface area is 186 Å². The maximum atomic E-state index is 13.0. The Kier molecular flexibility index (Phi) is 7.72. The molecular formula is C22H23Cl2FN2O3. The van der Waals surface area contributed by atoms with Gasteiger partial charge in [-0.2, -0.15) is 0 Å². The Morgan fingerprint density at radius 2 is 1.93 bits per heavy atom. The lowest BCUT2D eigenvalue weighted by atomic mass is 10.0. The lowest BCUT2D eigenvalue weighted by molar-refractivity contribution is -0.184. The third-order valence-corrected chi connectivity index (χ3v) is 5.11. The van der Waals surface area contributed by atoms with Crippen molar-refractivity contribution in [2.75, 3.05) is 13.2 Å². The van der Waals surface area contributed by atoms with Gasteiger partial charge in [-0.15, -0.1) is 12.4 Å². The van der Waals surface area contributed by atoms with Gasteiger partial charge in [-0.1, -0.05) is 23.7 Å². The van der Waals surface area contributed by atoms with E-state index in [1.54, 1.807) is 24.7 Å². The first kappa shape index (κ1) is 22.6. The van der Waals surface area contributed by atoms with Crippen molar-refractivity contribution in [1.82, 2.24) is 9.55 Å². The van der Waals surface area contributed by atoms with E-state index in [0.29, 0.717) is 37.0 Å². The minimum Gasteiger partial charge on any atom is -0.491 e. The Hall–Kier alpha value is -2.12. The zero-order chi connectivity index (χ0) is 20.1. The minimum atomic E-state index is -0.767. The van der Waals surface area contributed by atoms with Crippen LogP contribution in [-0.2, 0) is 22.4 Å². The molecule has 4 rings (SSSR count). The van der Waals surface area contributed by atoms with Crippen LogP contribution in [0.4, 0.5) is 4.39 Å². The van der Waals surface area contributed by atoms with Gasteiger partial charge in [-0.3, -0.25) is 0 Å². The highest BCUT2D eigenvalue weighted by atomic mass is 35.5. The van der Waals surface area contributed by atoms with Crippen LogP contribution in [0.25, 0.3) is 0 Å². The summed E-state index contributed by atoms with van der Waals surface area (Å²) < 4.78 is 33.2. The average molecular weight is 453 g/mol. The first-order valence-electron chi connectivity index (χ1n) is 9.51. The van der Waals surface area contributed by atoms with Crippen molar-refractivity contribution in [3.05, 3.63) is 83.7 Å². The number of aromatic nitrogens is 2. The van der Waals surface area contributed by atoms with E-state index < -0.39 is 5.79 Å². The van der Waals surface area contributed by atoms with Crippen LogP contribution in [0.5, 0.6) is 5.75 Å². The van der Waals surface area contributed by atoms with E-state index in [1.807, 2.05) is 35.0 Å². The molecule has 1 aliphatic rings. The van der Waals surface area contributed by atoms with E-state index in [2.05, 4.69) is 4.98 Å². The number of hydrogen-bond acceptors (Lipinski definition) is 4. The SMILES string of the molecule is Cl.Fc1ccc(OC[C@@H]2CO[C@@](CCc3ccc(Cl)cc3)(Cn3ccnc3)O2)cc1. The highest BCUT2D eigenvalue weighted by Gasteiger charge is 2.42. The summed E-state index contributed by atoms with van der Waals surface area (Å²) in [6.45, 7) is 1.29. The van der Waals surface area contributed by atoms with Gasteiger partial charge in [0.15, 0.2) is 5.79 Å². The van der Waals surface area contributed by atoms with Gasteiger partial charge in [0.1, 0.15) is 24.3 Å². The van der Waals surface area contributed by atoms with E-state index in [4.69, 9.17) is 25.8 Å². The molecule has 5 nitrogen and oxygen atoms in total. The van der Waals surface area contributed by atoms with Crippen LogP contribution in [0.1, 0.15) is 12.0 Å². The fourth-order valence-electron chi connectivity index (χ4n) is 3.36. The highest BCUT2D eigenvalue weighted by molar-refractivity contribution is 6.30. The largest absolute Gasteiger partial charge is 0.491 e. The fraction of sp³-hybridized carbons (Fsp3) is 0.318. The molecule has 0 radical (unpaired) electrons. The topological polar surface area (TPSA) is 45.5 Å². The molecule has 30 heavy (non-hydrogen) atoms. The predicted octanol–water partition coefficient (Wildman–Crippen LogP) is 4.92. The van der Waals surface area contributed by atoms with Crippen LogP contribution in [-0.4, -0.2) is 34.7 Å². The molecule has 2 aromatic carbocycles. The second-order valence-electron chi connectivity index (χ2n) is 7.09. The van der Waals surface area contributed by atoms with Crippen LogP contribution < -0.4 is 4.74 Å². The number of ether oxygens (including phenoxy) is 3. The maximum absolute atomic E-state index is 13.0. The van der Waals surface area contributed by atoms with Crippen LogP contribution in [0.15, 0.2) is 67.3 Å². The Bertz CT molecular complexity index is 907. The molecule has 0 saturated carbocycles. The highest BCUT2D eigenvalue weighted by Crippen LogP contribution is 2.31. The van der Waals surface area contributed by atoms with Crippen LogP contribution >= 0.6 is 24.0 Å². The number of nitrogens with zero attached hydrogens (tertiary/aromatic N) is 2. The Morgan fingerprint density at radius 3 is 2.63 bits per heavy atom. The van der Waals surface area contributed by atoms with Gasteiger partial charge in [-0.25, -0.2) is 9.37 Å². The number of aryl methyl sites for hydroxylation is 1. The smallest absolute Gasteiger partial charge is 0.187 e. The van der Waals surface area contributed by atoms with E-state index in [1.165, 1.54) is 12.1 Å². The number of halogens is 3. The monoisotopic (exact) mass is 452 g/mol. The molecule has 1 aliphatic heterocycles. The molecular weight excluding hydrogens is 430 g/mol. The number of hydrogen-bond donors (Lipinski definition) is 0. The van der Waals surface area contributed by atoms with Crippen LogP contribution in [0.2, 0.25) is 5.02 Å². The van der Waals surface area contributed by atoms with Gasteiger partial charge in [-0.05, 0) is 48.4 Å². The Morgan fingerprint density at radius 1 is 1.17 bits per heavy atom. The minimum absolute atomic E-state index is 0. The van der Waals surface area contributed by atoms with Gasteiger partial charge in [0.25, 0.3) is 0 Å². The molecule has 160 valence electrons.